The molecule has 37 heavy (non-hydrogen) atoms. The Morgan fingerprint density at radius 1 is 0.838 bits per heavy atom. The number of ether oxygens (including phenoxy) is 2. The van der Waals surface area contributed by atoms with E-state index in [0.717, 1.165) is 37.9 Å². The fraction of sp³-hybridized carbons (Fsp3) is 0.333. The quantitative estimate of drug-likeness (QED) is 0.151. The third-order valence-corrected chi connectivity index (χ3v) is 6.28. The van der Waals surface area contributed by atoms with Gasteiger partial charge in [0, 0.05) is 17.7 Å². The molecule has 0 N–H and O–H groups in total. The predicted octanol–water partition coefficient (Wildman–Crippen LogP) is 9.64. The lowest BCUT2D eigenvalue weighted by Gasteiger charge is -2.12. The van der Waals surface area contributed by atoms with Crippen LogP contribution in [0.15, 0.2) is 79.4 Å². The van der Waals surface area contributed by atoms with Crippen LogP contribution in [-0.4, -0.2) is 19.3 Å². The van der Waals surface area contributed by atoms with Gasteiger partial charge in [-0.15, -0.1) is 0 Å². The van der Waals surface area contributed by atoms with Crippen LogP contribution in [0.2, 0.25) is 0 Å². The first kappa shape index (κ1) is 28.3. The van der Waals surface area contributed by atoms with E-state index < -0.39 is 11.6 Å². The average Bonchev–Trinajstić information content (AvgIpc) is 2.92. The summed E-state index contributed by atoms with van der Waals surface area (Å²) in [6, 6.07) is 17.7. The van der Waals surface area contributed by atoms with Gasteiger partial charge in [-0.3, -0.25) is 0 Å². The summed E-state index contributed by atoms with van der Waals surface area (Å²) in [6.45, 7) is 9.19. The van der Waals surface area contributed by atoms with E-state index >= 15 is 4.39 Å². The van der Waals surface area contributed by atoms with Gasteiger partial charge in [-0.25, -0.2) is 8.78 Å². The van der Waals surface area contributed by atoms with E-state index in [9.17, 15) is 4.39 Å². The van der Waals surface area contributed by atoms with Crippen LogP contribution in [0.5, 0.6) is 5.75 Å². The first-order chi connectivity index (χ1) is 18.0. The fourth-order valence-corrected chi connectivity index (χ4v) is 4.12. The smallest absolute Gasteiger partial charge is 0.167 e. The van der Waals surface area contributed by atoms with E-state index in [-0.39, 0.29) is 11.1 Å². The van der Waals surface area contributed by atoms with Crippen molar-refractivity contribution in [2.24, 2.45) is 0 Å². The molecule has 0 aliphatic rings. The van der Waals surface area contributed by atoms with E-state index in [1.165, 1.54) is 12.8 Å². The molecule has 3 aromatic carbocycles. The molecule has 0 saturated heterocycles. The zero-order chi connectivity index (χ0) is 26.5. The van der Waals surface area contributed by atoms with Gasteiger partial charge in [0.25, 0.3) is 0 Å². The van der Waals surface area contributed by atoms with Gasteiger partial charge in [0.2, 0.25) is 0 Å². The second kappa shape index (κ2) is 15.1. The highest BCUT2D eigenvalue weighted by Gasteiger charge is 2.16. The van der Waals surface area contributed by atoms with Crippen LogP contribution < -0.4 is 4.74 Å². The third-order valence-electron chi connectivity index (χ3n) is 6.28. The topological polar surface area (TPSA) is 18.5 Å². The number of benzene rings is 3. The minimum atomic E-state index is -0.857. The largest absolute Gasteiger partial charge is 0.490 e. The van der Waals surface area contributed by atoms with E-state index in [1.54, 1.807) is 42.5 Å². The van der Waals surface area contributed by atoms with E-state index in [1.807, 2.05) is 24.3 Å². The number of hydrogen-bond donors (Lipinski definition) is 0. The van der Waals surface area contributed by atoms with Gasteiger partial charge in [-0.05, 0) is 61.4 Å². The lowest BCUT2D eigenvalue weighted by Crippen LogP contribution is -2.08. The predicted molar refractivity (Wildman–Crippen MR) is 151 cm³/mol. The van der Waals surface area contributed by atoms with Crippen molar-refractivity contribution in [3.05, 3.63) is 96.6 Å². The van der Waals surface area contributed by atoms with Crippen LogP contribution >= 0.6 is 0 Å². The molecule has 3 aromatic rings. The Kier molecular flexibility index (Phi) is 11.6. The van der Waals surface area contributed by atoms with Gasteiger partial charge in [-0.1, -0.05) is 93.1 Å². The second-order valence-electron chi connectivity index (χ2n) is 9.26. The molecule has 0 radical (unpaired) electrons. The Balaban J connectivity index is 1.56. The molecule has 3 rings (SSSR count). The summed E-state index contributed by atoms with van der Waals surface area (Å²) >= 11 is 0. The minimum Gasteiger partial charge on any atom is -0.490 e. The maximum absolute atomic E-state index is 15.0. The van der Waals surface area contributed by atoms with Gasteiger partial charge in [0.1, 0.15) is 12.4 Å². The van der Waals surface area contributed by atoms with Crippen LogP contribution in [0, 0.1) is 11.6 Å². The van der Waals surface area contributed by atoms with Crippen LogP contribution in [0.1, 0.15) is 57.9 Å². The number of allylic oxidation sites excluding steroid dienone is 1. The molecule has 0 bridgehead atoms. The molecule has 196 valence electrons. The fourth-order valence-electron chi connectivity index (χ4n) is 4.12. The van der Waals surface area contributed by atoms with Crippen molar-refractivity contribution in [2.45, 2.75) is 58.5 Å². The standard InChI is InChI=1S/C33H38F2O2/c1-4-6-10-24-36-25(3)11-8-7-9-12-26-13-15-27(16-14-26)30-21-22-31(33(35)32(30)34)28-17-19-29(20-18-28)37-23-5-2/h5,9,12-22,25H,2,4,6-8,10-11,23-24H2,1,3H3/b12-9+. The molecular weight excluding hydrogens is 466 g/mol. The molecule has 0 aliphatic carbocycles. The molecule has 2 nitrogen and oxygen atoms in total. The van der Waals surface area contributed by atoms with Crippen LogP contribution in [0.3, 0.4) is 0 Å². The Labute approximate surface area is 220 Å². The molecule has 0 fully saturated rings. The Bertz CT molecular complexity index is 1130. The molecule has 0 saturated carbocycles. The summed E-state index contributed by atoms with van der Waals surface area (Å²) in [5.41, 5.74) is 2.73. The first-order valence-electron chi connectivity index (χ1n) is 13.2. The number of halogens is 2. The van der Waals surface area contributed by atoms with Crippen molar-refractivity contribution < 1.29 is 18.3 Å². The summed E-state index contributed by atoms with van der Waals surface area (Å²) in [5, 5.41) is 0. The van der Waals surface area contributed by atoms with Crippen molar-refractivity contribution in [1.29, 1.82) is 0 Å². The van der Waals surface area contributed by atoms with Crippen molar-refractivity contribution in [3.8, 4) is 28.0 Å². The minimum absolute atomic E-state index is 0.219. The summed E-state index contributed by atoms with van der Waals surface area (Å²) in [7, 11) is 0. The molecule has 4 heteroatoms. The highest BCUT2D eigenvalue weighted by molar-refractivity contribution is 5.72. The number of hydrogen-bond acceptors (Lipinski definition) is 2. The highest BCUT2D eigenvalue weighted by Crippen LogP contribution is 2.32. The summed E-state index contributed by atoms with van der Waals surface area (Å²) in [4.78, 5) is 0. The van der Waals surface area contributed by atoms with Crippen molar-refractivity contribution in [3.63, 3.8) is 0 Å². The van der Waals surface area contributed by atoms with Crippen LogP contribution in [-0.2, 0) is 4.74 Å². The second-order valence-corrected chi connectivity index (χ2v) is 9.26. The molecule has 1 unspecified atom stereocenters. The van der Waals surface area contributed by atoms with Gasteiger partial charge >= 0.3 is 0 Å². The number of rotatable bonds is 15. The first-order valence-corrected chi connectivity index (χ1v) is 13.2. The van der Waals surface area contributed by atoms with Crippen molar-refractivity contribution in [1.82, 2.24) is 0 Å². The maximum Gasteiger partial charge on any atom is 0.167 e. The monoisotopic (exact) mass is 504 g/mol. The zero-order valence-electron chi connectivity index (χ0n) is 22.0. The molecule has 0 spiro atoms. The van der Waals surface area contributed by atoms with Gasteiger partial charge in [0.05, 0.1) is 6.10 Å². The summed E-state index contributed by atoms with van der Waals surface area (Å²) < 4.78 is 41.3. The van der Waals surface area contributed by atoms with Crippen molar-refractivity contribution in [2.75, 3.05) is 13.2 Å². The van der Waals surface area contributed by atoms with E-state index in [0.29, 0.717) is 29.6 Å². The Morgan fingerprint density at radius 3 is 2.05 bits per heavy atom. The normalized spacial score (nSPS) is 12.1. The SMILES string of the molecule is C=CCOc1ccc(-c2ccc(-c3ccc(/C=C/CCCC(C)OCCCCC)cc3)c(F)c2F)cc1. The lowest BCUT2D eigenvalue weighted by atomic mass is 9.98. The third kappa shape index (κ3) is 8.68. The van der Waals surface area contributed by atoms with E-state index in [2.05, 4.69) is 32.6 Å². The molecule has 0 aromatic heterocycles. The van der Waals surface area contributed by atoms with Gasteiger partial charge in [0.15, 0.2) is 11.6 Å². The van der Waals surface area contributed by atoms with Gasteiger partial charge in [-0.2, -0.15) is 0 Å². The molecule has 0 amide bonds. The molecule has 1 atom stereocenters. The zero-order valence-corrected chi connectivity index (χ0v) is 22.0. The van der Waals surface area contributed by atoms with Gasteiger partial charge < -0.3 is 9.47 Å². The summed E-state index contributed by atoms with van der Waals surface area (Å²) in [6.07, 6.45) is 12.8. The maximum atomic E-state index is 15.0. The highest BCUT2D eigenvalue weighted by atomic mass is 19.2. The number of unbranched alkanes of at least 4 members (excludes halogenated alkanes) is 3. The summed E-state index contributed by atoms with van der Waals surface area (Å²) in [5.74, 6) is -1.06. The Hall–Kier alpha value is -3.24. The average molecular weight is 505 g/mol. The molecule has 0 aliphatic heterocycles. The van der Waals surface area contributed by atoms with Crippen LogP contribution in [0.25, 0.3) is 28.3 Å². The molecular formula is C33H38F2O2. The Morgan fingerprint density at radius 2 is 1.46 bits per heavy atom. The molecule has 0 heterocycles. The van der Waals surface area contributed by atoms with Crippen molar-refractivity contribution >= 4 is 6.08 Å². The van der Waals surface area contributed by atoms with E-state index in [4.69, 9.17) is 9.47 Å². The van der Waals surface area contributed by atoms with Crippen LogP contribution in [0.4, 0.5) is 8.78 Å². The lowest BCUT2D eigenvalue weighted by molar-refractivity contribution is 0.0566.